The average molecular weight is 261 g/mol. The van der Waals surface area contributed by atoms with Crippen LogP contribution in [0.1, 0.15) is 13.3 Å². The van der Waals surface area contributed by atoms with Crippen molar-refractivity contribution in [3.05, 3.63) is 43.0 Å². The van der Waals surface area contributed by atoms with E-state index in [-0.39, 0.29) is 0 Å². The van der Waals surface area contributed by atoms with Gasteiger partial charge in [0, 0.05) is 24.0 Å². The summed E-state index contributed by atoms with van der Waals surface area (Å²) in [6, 6.07) is 11.9. The third-order valence-corrected chi connectivity index (χ3v) is 3.34. The van der Waals surface area contributed by atoms with Crippen LogP contribution in [0.5, 0.6) is 0 Å². The van der Waals surface area contributed by atoms with Gasteiger partial charge in [0.25, 0.3) is 0 Å². The third-order valence-electron chi connectivity index (χ3n) is 2.33. The molecule has 3 nitrogen and oxygen atoms in total. The molecule has 0 aliphatic rings. The summed E-state index contributed by atoms with van der Waals surface area (Å²) in [5.41, 5.74) is -1.21. The molecule has 0 saturated carbocycles. The number of thioether (sulfide) groups is 1. The molecule has 0 heterocycles. The lowest BCUT2D eigenvalue weighted by atomic mass is 10.0. The third kappa shape index (κ3) is 4.27. The maximum Gasteiger partial charge on any atom is 0.304 e. The van der Waals surface area contributed by atoms with Crippen molar-refractivity contribution in [2.45, 2.75) is 23.8 Å². The first-order valence-electron chi connectivity index (χ1n) is 5.54. The van der Waals surface area contributed by atoms with Gasteiger partial charge in [0.2, 0.25) is 5.60 Å². The number of esters is 1. The summed E-state index contributed by atoms with van der Waals surface area (Å²) in [5, 5.41) is 9.11. The maximum atomic E-state index is 11.0. The minimum absolute atomic E-state index is 0.423. The summed E-state index contributed by atoms with van der Waals surface area (Å²) in [7, 11) is 0. The highest BCUT2D eigenvalue weighted by molar-refractivity contribution is 7.99. The van der Waals surface area contributed by atoms with E-state index in [1.807, 2.05) is 36.4 Å². The second-order valence-corrected chi connectivity index (χ2v) is 4.88. The molecular weight excluding hydrogens is 246 g/mol. The number of nitrogens with zero attached hydrogens (tertiary/aromatic N) is 1. The molecule has 1 unspecified atom stereocenters. The smallest absolute Gasteiger partial charge is 0.304 e. The molecule has 1 aromatic rings. The Hall–Kier alpha value is -1.73. The zero-order valence-corrected chi connectivity index (χ0v) is 11.1. The van der Waals surface area contributed by atoms with Crippen molar-refractivity contribution >= 4 is 17.7 Å². The molecule has 0 N–H and O–H groups in total. The van der Waals surface area contributed by atoms with Crippen molar-refractivity contribution < 1.29 is 9.53 Å². The second kappa shape index (κ2) is 6.87. The Morgan fingerprint density at radius 3 is 2.72 bits per heavy atom. The van der Waals surface area contributed by atoms with E-state index in [0.29, 0.717) is 12.2 Å². The Kier molecular flexibility index (Phi) is 5.47. The van der Waals surface area contributed by atoms with E-state index in [2.05, 4.69) is 6.58 Å². The predicted molar refractivity (Wildman–Crippen MR) is 72.1 cm³/mol. The molecule has 0 bridgehead atoms. The summed E-state index contributed by atoms with van der Waals surface area (Å²) in [5.74, 6) is 0.206. The summed E-state index contributed by atoms with van der Waals surface area (Å²) in [6.45, 7) is 4.87. The fourth-order valence-corrected chi connectivity index (χ4v) is 2.40. The monoisotopic (exact) mass is 261 g/mol. The van der Waals surface area contributed by atoms with Crippen LogP contribution in [0.4, 0.5) is 0 Å². The molecule has 0 spiro atoms. The van der Waals surface area contributed by atoms with Gasteiger partial charge in [0.05, 0.1) is 0 Å². The van der Waals surface area contributed by atoms with Crippen LogP contribution < -0.4 is 0 Å². The van der Waals surface area contributed by atoms with Crippen molar-refractivity contribution in [3.63, 3.8) is 0 Å². The van der Waals surface area contributed by atoms with Gasteiger partial charge in [-0.15, -0.1) is 11.8 Å². The second-order valence-electron chi connectivity index (χ2n) is 3.71. The Morgan fingerprint density at radius 2 is 2.22 bits per heavy atom. The highest BCUT2D eigenvalue weighted by Crippen LogP contribution is 2.24. The Bertz CT molecular complexity index is 453. The molecule has 0 amide bonds. The molecule has 0 aromatic heterocycles. The molecule has 0 fully saturated rings. The van der Waals surface area contributed by atoms with E-state index in [9.17, 15) is 4.79 Å². The van der Waals surface area contributed by atoms with Gasteiger partial charge in [0.15, 0.2) is 0 Å². The fourth-order valence-electron chi connectivity index (χ4n) is 1.41. The summed E-state index contributed by atoms with van der Waals surface area (Å²) in [4.78, 5) is 12.1. The number of hydrogen-bond donors (Lipinski definition) is 0. The van der Waals surface area contributed by atoms with Crippen LogP contribution in [-0.4, -0.2) is 17.3 Å². The van der Waals surface area contributed by atoms with Crippen LogP contribution in [-0.2, 0) is 9.53 Å². The van der Waals surface area contributed by atoms with Gasteiger partial charge in [0.1, 0.15) is 6.07 Å². The van der Waals surface area contributed by atoms with Gasteiger partial charge in [-0.3, -0.25) is 4.79 Å². The predicted octanol–water partition coefficient (Wildman–Crippen LogP) is 3.18. The van der Waals surface area contributed by atoms with E-state index in [1.165, 1.54) is 13.0 Å². The van der Waals surface area contributed by atoms with E-state index in [0.717, 1.165) is 4.90 Å². The lowest BCUT2D eigenvalue weighted by Gasteiger charge is -2.21. The van der Waals surface area contributed by atoms with E-state index >= 15 is 0 Å². The lowest BCUT2D eigenvalue weighted by molar-refractivity contribution is -0.148. The van der Waals surface area contributed by atoms with Crippen molar-refractivity contribution in [1.82, 2.24) is 0 Å². The number of carbonyl (C=O) groups excluding carboxylic acids is 1. The normalized spacial score (nSPS) is 13.1. The Morgan fingerprint density at radius 1 is 1.56 bits per heavy atom. The van der Waals surface area contributed by atoms with E-state index in [1.54, 1.807) is 11.8 Å². The van der Waals surface area contributed by atoms with Gasteiger partial charge in [-0.2, -0.15) is 5.26 Å². The van der Waals surface area contributed by atoms with Crippen LogP contribution in [0.25, 0.3) is 0 Å². The number of benzene rings is 1. The van der Waals surface area contributed by atoms with Crippen LogP contribution >= 0.6 is 11.8 Å². The minimum Gasteiger partial charge on any atom is -0.440 e. The molecule has 0 saturated heterocycles. The quantitative estimate of drug-likeness (QED) is 0.448. The molecule has 94 valence electrons. The highest BCUT2D eigenvalue weighted by Gasteiger charge is 2.29. The lowest BCUT2D eigenvalue weighted by Crippen LogP contribution is -2.31. The first-order chi connectivity index (χ1) is 8.62. The fraction of sp³-hybridized carbons (Fsp3) is 0.286. The molecule has 1 aromatic carbocycles. The molecule has 18 heavy (non-hydrogen) atoms. The summed E-state index contributed by atoms with van der Waals surface area (Å²) in [6.07, 6.45) is 1.81. The largest absolute Gasteiger partial charge is 0.440 e. The maximum absolute atomic E-state index is 11.0. The van der Waals surface area contributed by atoms with Crippen LogP contribution in [0, 0.1) is 11.3 Å². The number of ether oxygens (including phenoxy) is 1. The summed E-state index contributed by atoms with van der Waals surface area (Å²) >= 11 is 1.61. The van der Waals surface area contributed by atoms with Crippen LogP contribution in [0.2, 0.25) is 0 Å². The zero-order valence-electron chi connectivity index (χ0n) is 10.3. The van der Waals surface area contributed by atoms with E-state index in [4.69, 9.17) is 10.00 Å². The van der Waals surface area contributed by atoms with Crippen molar-refractivity contribution in [2.75, 3.05) is 5.75 Å². The molecule has 0 radical (unpaired) electrons. The molecule has 1 rings (SSSR count). The highest BCUT2D eigenvalue weighted by atomic mass is 32.2. The topological polar surface area (TPSA) is 50.1 Å². The van der Waals surface area contributed by atoms with Gasteiger partial charge in [-0.05, 0) is 18.2 Å². The Balaban J connectivity index is 2.56. The standard InChI is InChI=1S/C14H15NO2S/c1-3-14(11-15,17-12(2)16)9-10-18-13-7-5-4-6-8-13/h3-8H,1,9-10H2,2H3. The molecule has 0 aliphatic carbocycles. The molecule has 0 aliphatic heterocycles. The van der Waals surface area contributed by atoms with Crippen molar-refractivity contribution in [1.29, 1.82) is 5.26 Å². The SMILES string of the molecule is C=CC(C#N)(CCSc1ccccc1)OC(C)=O. The van der Waals surface area contributed by atoms with Gasteiger partial charge < -0.3 is 4.74 Å². The molecular formula is C14H15NO2S. The van der Waals surface area contributed by atoms with Gasteiger partial charge >= 0.3 is 5.97 Å². The molecule has 1 atom stereocenters. The van der Waals surface area contributed by atoms with Gasteiger partial charge in [-0.1, -0.05) is 24.8 Å². The van der Waals surface area contributed by atoms with Crippen molar-refractivity contribution in [3.8, 4) is 6.07 Å². The van der Waals surface area contributed by atoms with Gasteiger partial charge in [-0.25, -0.2) is 0 Å². The van der Waals surface area contributed by atoms with Crippen molar-refractivity contribution in [2.24, 2.45) is 0 Å². The van der Waals surface area contributed by atoms with Crippen LogP contribution in [0.15, 0.2) is 47.9 Å². The van der Waals surface area contributed by atoms with Crippen LogP contribution in [0.3, 0.4) is 0 Å². The number of carbonyl (C=O) groups is 1. The Labute approximate surface area is 111 Å². The zero-order chi connectivity index (χ0) is 13.4. The number of rotatable bonds is 6. The molecule has 4 heteroatoms. The minimum atomic E-state index is -1.21. The first kappa shape index (κ1) is 14.3. The number of nitriles is 1. The average Bonchev–Trinajstić information content (AvgIpc) is 2.38. The van der Waals surface area contributed by atoms with E-state index < -0.39 is 11.6 Å². The number of hydrogen-bond acceptors (Lipinski definition) is 4. The summed E-state index contributed by atoms with van der Waals surface area (Å²) < 4.78 is 5.04. The first-order valence-corrected chi connectivity index (χ1v) is 6.53.